The Hall–Kier alpha value is -0.600. The van der Waals surface area contributed by atoms with E-state index in [0.717, 1.165) is 31.2 Å². The normalized spacial score (nSPS) is 19.4. The van der Waals surface area contributed by atoms with Crippen LogP contribution in [-0.2, 0) is 6.42 Å². The Morgan fingerprint density at radius 3 is 2.60 bits per heavy atom. The fourth-order valence-corrected chi connectivity index (χ4v) is 2.46. The van der Waals surface area contributed by atoms with Crippen LogP contribution in [0.3, 0.4) is 0 Å². The van der Waals surface area contributed by atoms with Gasteiger partial charge in [0.05, 0.1) is 5.60 Å². The molecular weight excluding hydrogens is 215 g/mol. The van der Waals surface area contributed by atoms with Crippen LogP contribution in [0.1, 0.15) is 31.2 Å². The van der Waals surface area contributed by atoms with Crippen LogP contribution in [0.2, 0.25) is 5.02 Å². The van der Waals surface area contributed by atoms with Crippen LogP contribution in [0.4, 0.5) is 4.39 Å². The number of halogens is 2. The number of aliphatic hydroxyl groups is 1. The van der Waals surface area contributed by atoms with E-state index in [1.54, 1.807) is 6.07 Å². The van der Waals surface area contributed by atoms with Crippen LogP contribution in [0.5, 0.6) is 0 Å². The van der Waals surface area contributed by atoms with E-state index in [1.165, 1.54) is 12.1 Å². The first-order valence-corrected chi connectivity index (χ1v) is 5.63. The van der Waals surface area contributed by atoms with Crippen molar-refractivity contribution in [1.82, 2.24) is 0 Å². The molecule has 2 rings (SSSR count). The van der Waals surface area contributed by atoms with Gasteiger partial charge in [-0.15, -0.1) is 0 Å². The molecule has 1 aliphatic rings. The number of benzene rings is 1. The minimum Gasteiger partial charge on any atom is -0.390 e. The summed E-state index contributed by atoms with van der Waals surface area (Å²) in [4.78, 5) is 0. The molecule has 0 radical (unpaired) electrons. The third kappa shape index (κ3) is 2.50. The summed E-state index contributed by atoms with van der Waals surface area (Å²) in [7, 11) is 0. The summed E-state index contributed by atoms with van der Waals surface area (Å²) in [6, 6.07) is 4.35. The zero-order valence-electron chi connectivity index (χ0n) is 8.47. The van der Waals surface area contributed by atoms with Crippen molar-refractivity contribution in [1.29, 1.82) is 0 Å². The van der Waals surface area contributed by atoms with E-state index < -0.39 is 5.60 Å². The average Bonchev–Trinajstić information content (AvgIpc) is 2.58. The van der Waals surface area contributed by atoms with Crippen LogP contribution in [-0.4, -0.2) is 10.7 Å². The van der Waals surface area contributed by atoms with Gasteiger partial charge in [-0.1, -0.05) is 30.5 Å². The Morgan fingerprint density at radius 2 is 2.00 bits per heavy atom. The standard InChI is InChI=1S/C12H14ClFO/c13-11-7-10(14)4-3-9(11)8-12(15)5-1-2-6-12/h3-4,7,15H,1-2,5-6,8H2. The van der Waals surface area contributed by atoms with Gasteiger partial charge in [-0.3, -0.25) is 0 Å². The Balaban J connectivity index is 2.16. The molecule has 1 nitrogen and oxygen atoms in total. The number of rotatable bonds is 2. The minimum absolute atomic E-state index is 0.331. The summed E-state index contributed by atoms with van der Waals surface area (Å²) in [5.74, 6) is -0.331. The highest BCUT2D eigenvalue weighted by atomic mass is 35.5. The van der Waals surface area contributed by atoms with Crippen molar-refractivity contribution in [3.05, 3.63) is 34.6 Å². The fourth-order valence-electron chi connectivity index (χ4n) is 2.23. The predicted molar refractivity (Wildman–Crippen MR) is 58.5 cm³/mol. The highest BCUT2D eigenvalue weighted by molar-refractivity contribution is 6.31. The van der Waals surface area contributed by atoms with Gasteiger partial charge in [-0.05, 0) is 30.5 Å². The van der Waals surface area contributed by atoms with Gasteiger partial charge < -0.3 is 5.11 Å². The van der Waals surface area contributed by atoms with Crippen molar-refractivity contribution >= 4 is 11.6 Å². The van der Waals surface area contributed by atoms with Crippen molar-refractivity contribution < 1.29 is 9.50 Å². The van der Waals surface area contributed by atoms with E-state index >= 15 is 0 Å². The molecule has 0 aromatic heterocycles. The Labute approximate surface area is 93.9 Å². The van der Waals surface area contributed by atoms with Crippen LogP contribution in [0.25, 0.3) is 0 Å². The maximum absolute atomic E-state index is 12.8. The van der Waals surface area contributed by atoms with Gasteiger partial charge in [-0.2, -0.15) is 0 Å². The van der Waals surface area contributed by atoms with Crippen molar-refractivity contribution in [3.63, 3.8) is 0 Å². The third-order valence-electron chi connectivity index (χ3n) is 3.07. The summed E-state index contributed by atoms with van der Waals surface area (Å²) in [5, 5.41) is 10.6. The molecule has 3 heteroatoms. The van der Waals surface area contributed by atoms with Crippen LogP contribution < -0.4 is 0 Å². The molecule has 0 bridgehead atoms. The maximum atomic E-state index is 12.8. The molecule has 1 aliphatic carbocycles. The van der Waals surface area contributed by atoms with Crippen molar-refractivity contribution in [3.8, 4) is 0 Å². The number of hydrogen-bond acceptors (Lipinski definition) is 1. The summed E-state index contributed by atoms with van der Waals surface area (Å²) in [6.45, 7) is 0. The molecule has 15 heavy (non-hydrogen) atoms. The molecule has 0 unspecified atom stereocenters. The minimum atomic E-state index is -0.624. The first kappa shape index (κ1) is 10.9. The second kappa shape index (κ2) is 4.11. The van der Waals surface area contributed by atoms with Gasteiger partial charge in [0.2, 0.25) is 0 Å². The quantitative estimate of drug-likeness (QED) is 0.823. The van der Waals surface area contributed by atoms with Gasteiger partial charge >= 0.3 is 0 Å². The summed E-state index contributed by atoms with van der Waals surface area (Å²) >= 11 is 5.92. The first-order chi connectivity index (χ1) is 7.09. The van der Waals surface area contributed by atoms with E-state index in [4.69, 9.17) is 11.6 Å². The molecular formula is C12H14ClFO. The maximum Gasteiger partial charge on any atom is 0.124 e. The average molecular weight is 229 g/mol. The molecule has 0 spiro atoms. The lowest BCUT2D eigenvalue weighted by Gasteiger charge is -2.22. The topological polar surface area (TPSA) is 20.2 Å². The molecule has 1 fully saturated rings. The van der Waals surface area contributed by atoms with Crippen LogP contribution in [0, 0.1) is 5.82 Å². The van der Waals surface area contributed by atoms with Gasteiger partial charge in [0.1, 0.15) is 5.82 Å². The van der Waals surface area contributed by atoms with E-state index in [0.29, 0.717) is 11.4 Å². The molecule has 1 saturated carbocycles. The lowest BCUT2D eigenvalue weighted by molar-refractivity contribution is 0.0482. The molecule has 0 aliphatic heterocycles. The Morgan fingerprint density at radius 1 is 1.33 bits per heavy atom. The summed E-state index contributed by atoms with van der Waals surface area (Å²) < 4.78 is 12.8. The van der Waals surface area contributed by atoms with Crippen molar-refractivity contribution in [2.75, 3.05) is 0 Å². The first-order valence-electron chi connectivity index (χ1n) is 5.25. The molecule has 1 aromatic rings. The molecule has 0 heterocycles. The molecule has 0 atom stereocenters. The third-order valence-corrected chi connectivity index (χ3v) is 3.42. The second-order valence-corrected chi connectivity index (χ2v) is 4.75. The van der Waals surface area contributed by atoms with E-state index in [2.05, 4.69) is 0 Å². The molecule has 1 N–H and O–H groups in total. The van der Waals surface area contributed by atoms with E-state index in [1.807, 2.05) is 0 Å². The van der Waals surface area contributed by atoms with Gasteiger partial charge in [0.25, 0.3) is 0 Å². The highest BCUT2D eigenvalue weighted by Crippen LogP contribution is 2.34. The van der Waals surface area contributed by atoms with Gasteiger partial charge in [0.15, 0.2) is 0 Å². The van der Waals surface area contributed by atoms with Gasteiger partial charge in [0, 0.05) is 11.4 Å². The smallest absolute Gasteiger partial charge is 0.124 e. The van der Waals surface area contributed by atoms with Crippen LogP contribution in [0.15, 0.2) is 18.2 Å². The zero-order valence-corrected chi connectivity index (χ0v) is 9.23. The summed E-state index contributed by atoms with van der Waals surface area (Å²) in [6.07, 6.45) is 4.30. The molecule has 82 valence electrons. The van der Waals surface area contributed by atoms with Crippen molar-refractivity contribution in [2.24, 2.45) is 0 Å². The molecule has 0 saturated heterocycles. The Bertz CT molecular complexity index is 359. The van der Waals surface area contributed by atoms with Crippen molar-refractivity contribution in [2.45, 2.75) is 37.7 Å². The zero-order chi connectivity index (χ0) is 10.9. The lowest BCUT2D eigenvalue weighted by atomic mass is 9.93. The lowest BCUT2D eigenvalue weighted by Crippen LogP contribution is -2.27. The summed E-state index contributed by atoms with van der Waals surface area (Å²) in [5.41, 5.74) is 0.212. The number of hydrogen-bond donors (Lipinski definition) is 1. The van der Waals surface area contributed by atoms with E-state index in [-0.39, 0.29) is 5.82 Å². The highest BCUT2D eigenvalue weighted by Gasteiger charge is 2.31. The van der Waals surface area contributed by atoms with Crippen LogP contribution >= 0.6 is 11.6 Å². The largest absolute Gasteiger partial charge is 0.390 e. The SMILES string of the molecule is OC1(Cc2ccc(F)cc2Cl)CCCC1. The predicted octanol–water partition coefficient (Wildman–Crippen LogP) is 3.33. The molecule has 1 aromatic carbocycles. The van der Waals surface area contributed by atoms with Gasteiger partial charge in [-0.25, -0.2) is 4.39 Å². The Kier molecular flexibility index (Phi) is 2.98. The monoisotopic (exact) mass is 228 g/mol. The fraction of sp³-hybridized carbons (Fsp3) is 0.500. The van der Waals surface area contributed by atoms with E-state index in [9.17, 15) is 9.50 Å². The molecule has 0 amide bonds. The second-order valence-electron chi connectivity index (χ2n) is 4.34.